The maximum absolute atomic E-state index is 11.7. The number of aromatic nitrogens is 1. The molecule has 1 amide bonds. The highest BCUT2D eigenvalue weighted by Gasteiger charge is 2.31. The molecular formula is C15H19N3O. The summed E-state index contributed by atoms with van der Waals surface area (Å²) in [6, 6.07) is 8.30. The summed E-state index contributed by atoms with van der Waals surface area (Å²) >= 11 is 0. The number of piperidine rings is 1. The zero-order chi connectivity index (χ0) is 13.6. The van der Waals surface area contributed by atoms with E-state index in [1.165, 1.54) is 22.2 Å². The van der Waals surface area contributed by atoms with Gasteiger partial charge in [0.05, 0.1) is 0 Å². The Labute approximate surface area is 112 Å². The molecule has 4 heteroatoms. The van der Waals surface area contributed by atoms with Crippen molar-refractivity contribution in [2.75, 3.05) is 6.54 Å². The number of benzene rings is 1. The number of rotatable bonds is 1. The molecule has 1 aromatic heterocycles. The molecule has 4 nitrogen and oxygen atoms in total. The number of hydrogen-bond acceptors (Lipinski definition) is 2. The van der Waals surface area contributed by atoms with Crippen molar-refractivity contribution >= 4 is 16.8 Å². The van der Waals surface area contributed by atoms with Gasteiger partial charge in [0.25, 0.3) is 0 Å². The van der Waals surface area contributed by atoms with Crippen LogP contribution in [0.1, 0.15) is 23.6 Å². The monoisotopic (exact) mass is 257 g/mol. The molecule has 0 aliphatic carbocycles. The second-order valence-electron chi connectivity index (χ2n) is 5.35. The number of nitrogens with one attached hydrogen (secondary N) is 1. The zero-order valence-corrected chi connectivity index (χ0v) is 11.3. The summed E-state index contributed by atoms with van der Waals surface area (Å²) in [6.07, 6.45) is 0.482. The second kappa shape index (κ2) is 4.38. The number of nitrogens with two attached hydrogens (primary N) is 1. The average Bonchev–Trinajstić information content (AvgIpc) is 2.66. The largest absolute Gasteiger partial charge is 0.355 e. The third kappa shape index (κ3) is 1.83. The standard InChI is InChI=1S/C15H19N3O/c1-9-15(11-7-14(19)17-8-12(11)16)10-5-3-4-6-13(10)18(9)2/h3-6,11-12H,7-8,16H2,1-2H3,(H,17,19). The Morgan fingerprint density at radius 1 is 1.37 bits per heavy atom. The third-order valence-electron chi connectivity index (χ3n) is 4.28. The van der Waals surface area contributed by atoms with E-state index in [0.717, 1.165) is 0 Å². The number of hydrogen-bond donors (Lipinski definition) is 2. The normalized spacial score (nSPS) is 23.6. The Bertz CT molecular complexity index is 644. The molecular weight excluding hydrogens is 238 g/mol. The summed E-state index contributed by atoms with van der Waals surface area (Å²) in [4.78, 5) is 11.7. The molecule has 19 heavy (non-hydrogen) atoms. The molecule has 2 unspecified atom stereocenters. The molecule has 2 atom stereocenters. The van der Waals surface area contributed by atoms with E-state index in [2.05, 4.69) is 36.0 Å². The fourth-order valence-electron chi connectivity index (χ4n) is 3.13. The quantitative estimate of drug-likeness (QED) is 0.811. The molecule has 1 saturated heterocycles. The van der Waals surface area contributed by atoms with Gasteiger partial charge in [-0.1, -0.05) is 18.2 Å². The Hall–Kier alpha value is -1.81. The van der Waals surface area contributed by atoms with E-state index >= 15 is 0 Å². The summed E-state index contributed by atoms with van der Waals surface area (Å²) in [6.45, 7) is 2.67. The van der Waals surface area contributed by atoms with Crippen molar-refractivity contribution in [1.29, 1.82) is 0 Å². The Morgan fingerprint density at radius 3 is 2.89 bits per heavy atom. The Balaban J connectivity index is 2.19. The van der Waals surface area contributed by atoms with E-state index in [1.54, 1.807) is 0 Å². The predicted octanol–water partition coefficient (Wildman–Crippen LogP) is 1.42. The van der Waals surface area contributed by atoms with Crippen LogP contribution in [0.2, 0.25) is 0 Å². The maximum atomic E-state index is 11.7. The SMILES string of the molecule is Cc1c(C2CC(=O)NCC2N)c2ccccc2n1C. The molecule has 2 aromatic rings. The summed E-state index contributed by atoms with van der Waals surface area (Å²) in [5, 5.41) is 4.06. The van der Waals surface area contributed by atoms with E-state index in [0.29, 0.717) is 13.0 Å². The van der Waals surface area contributed by atoms with Gasteiger partial charge in [0.1, 0.15) is 0 Å². The van der Waals surface area contributed by atoms with Gasteiger partial charge in [-0.25, -0.2) is 0 Å². The fraction of sp³-hybridized carbons (Fsp3) is 0.400. The van der Waals surface area contributed by atoms with Gasteiger partial charge in [-0.05, 0) is 18.6 Å². The minimum atomic E-state index is -0.0118. The van der Waals surface area contributed by atoms with Crippen LogP contribution in [0.3, 0.4) is 0 Å². The number of para-hydroxylation sites is 1. The van der Waals surface area contributed by atoms with Crippen molar-refractivity contribution in [3.63, 3.8) is 0 Å². The number of nitrogens with zero attached hydrogens (tertiary/aromatic N) is 1. The predicted molar refractivity (Wildman–Crippen MR) is 76.0 cm³/mol. The molecule has 0 bridgehead atoms. The summed E-state index contributed by atoms with van der Waals surface area (Å²) in [5.74, 6) is 0.207. The molecule has 100 valence electrons. The van der Waals surface area contributed by atoms with Crippen LogP contribution >= 0.6 is 0 Å². The van der Waals surface area contributed by atoms with Crippen LogP contribution < -0.4 is 11.1 Å². The third-order valence-corrected chi connectivity index (χ3v) is 4.28. The number of aryl methyl sites for hydroxylation is 1. The lowest BCUT2D eigenvalue weighted by atomic mass is 9.84. The Kier molecular flexibility index (Phi) is 2.82. The van der Waals surface area contributed by atoms with Crippen molar-refractivity contribution in [2.24, 2.45) is 12.8 Å². The first-order valence-electron chi connectivity index (χ1n) is 6.65. The number of carbonyl (C=O) groups excluding carboxylic acids is 1. The highest BCUT2D eigenvalue weighted by atomic mass is 16.1. The van der Waals surface area contributed by atoms with Gasteiger partial charge in [-0.3, -0.25) is 4.79 Å². The first-order chi connectivity index (χ1) is 9.09. The summed E-state index contributed by atoms with van der Waals surface area (Å²) in [5.41, 5.74) is 9.86. The number of carbonyl (C=O) groups is 1. The van der Waals surface area contributed by atoms with Crippen LogP contribution in [0, 0.1) is 6.92 Å². The minimum Gasteiger partial charge on any atom is -0.355 e. The maximum Gasteiger partial charge on any atom is 0.220 e. The van der Waals surface area contributed by atoms with Crippen LogP contribution in [0.5, 0.6) is 0 Å². The lowest BCUT2D eigenvalue weighted by Crippen LogP contribution is -2.47. The zero-order valence-electron chi connectivity index (χ0n) is 11.3. The topological polar surface area (TPSA) is 60.1 Å². The van der Waals surface area contributed by atoms with Crippen LogP contribution in [0.4, 0.5) is 0 Å². The molecule has 1 fully saturated rings. The van der Waals surface area contributed by atoms with Gasteiger partial charge in [-0.2, -0.15) is 0 Å². The molecule has 3 rings (SSSR count). The Morgan fingerprint density at radius 2 is 2.11 bits per heavy atom. The lowest BCUT2D eigenvalue weighted by molar-refractivity contribution is -0.122. The molecule has 1 aromatic carbocycles. The summed E-state index contributed by atoms with van der Waals surface area (Å²) < 4.78 is 2.18. The van der Waals surface area contributed by atoms with E-state index in [1.807, 2.05) is 12.1 Å². The van der Waals surface area contributed by atoms with Gasteiger partial charge in [0, 0.05) is 48.6 Å². The second-order valence-corrected chi connectivity index (χ2v) is 5.35. The van der Waals surface area contributed by atoms with Gasteiger partial charge in [0.15, 0.2) is 0 Å². The van der Waals surface area contributed by atoms with Gasteiger partial charge < -0.3 is 15.6 Å². The van der Waals surface area contributed by atoms with E-state index in [-0.39, 0.29) is 17.9 Å². The van der Waals surface area contributed by atoms with Crippen LogP contribution in [0.25, 0.3) is 10.9 Å². The van der Waals surface area contributed by atoms with Gasteiger partial charge >= 0.3 is 0 Å². The van der Waals surface area contributed by atoms with Crippen LogP contribution in [-0.4, -0.2) is 23.1 Å². The molecule has 0 spiro atoms. The van der Waals surface area contributed by atoms with E-state index in [4.69, 9.17) is 5.73 Å². The first-order valence-corrected chi connectivity index (χ1v) is 6.65. The van der Waals surface area contributed by atoms with Crippen molar-refractivity contribution < 1.29 is 4.79 Å². The van der Waals surface area contributed by atoms with Crippen molar-refractivity contribution in [1.82, 2.24) is 9.88 Å². The van der Waals surface area contributed by atoms with Gasteiger partial charge in [-0.15, -0.1) is 0 Å². The molecule has 2 heterocycles. The molecule has 1 aliphatic rings. The minimum absolute atomic E-state index is 0.0118. The molecule has 1 aliphatic heterocycles. The van der Waals surface area contributed by atoms with Crippen molar-refractivity contribution in [2.45, 2.75) is 25.3 Å². The lowest BCUT2D eigenvalue weighted by Gasteiger charge is -2.29. The first kappa shape index (κ1) is 12.2. The van der Waals surface area contributed by atoms with Crippen LogP contribution in [0.15, 0.2) is 24.3 Å². The summed E-state index contributed by atoms with van der Waals surface area (Å²) in [7, 11) is 2.07. The molecule has 3 N–H and O–H groups in total. The highest BCUT2D eigenvalue weighted by Crippen LogP contribution is 2.35. The molecule has 0 radical (unpaired) electrons. The van der Waals surface area contributed by atoms with Gasteiger partial charge in [0.2, 0.25) is 5.91 Å². The van der Waals surface area contributed by atoms with E-state index < -0.39 is 0 Å². The van der Waals surface area contributed by atoms with Crippen molar-refractivity contribution in [3.05, 3.63) is 35.5 Å². The van der Waals surface area contributed by atoms with E-state index in [9.17, 15) is 4.79 Å². The fourth-order valence-corrected chi connectivity index (χ4v) is 3.13. The molecule has 0 saturated carbocycles. The average molecular weight is 257 g/mol. The number of fused-ring (bicyclic) bond motifs is 1. The highest BCUT2D eigenvalue weighted by molar-refractivity contribution is 5.87. The number of amides is 1. The smallest absolute Gasteiger partial charge is 0.220 e. The van der Waals surface area contributed by atoms with Crippen molar-refractivity contribution in [3.8, 4) is 0 Å². The van der Waals surface area contributed by atoms with Crippen LogP contribution in [-0.2, 0) is 11.8 Å².